The smallest absolute Gasteiger partial charge is 0.250 e. The molecule has 0 aliphatic rings. The Kier molecular flexibility index (Phi) is 8.25. The number of aromatic nitrogens is 3. The van der Waals surface area contributed by atoms with Crippen LogP contribution >= 0.6 is 69.6 Å². The molecule has 1 aromatic carbocycles. The van der Waals surface area contributed by atoms with E-state index in [4.69, 9.17) is 79.4 Å². The number of hydrogen-bond donors (Lipinski definition) is 1. The number of nitrogens with zero attached hydrogens (tertiary/aromatic N) is 3. The van der Waals surface area contributed by atoms with E-state index in [0.717, 1.165) is 5.56 Å². The van der Waals surface area contributed by atoms with Crippen LogP contribution in [-0.4, -0.2) is 33.3 Å². The fraction of sp³-hybridized carbons (Fsp3) is 0.312. The number of ether oxygens (including phenoxy) is 1. The Balaban J connectivity index is 2.29. The van der Waals surface area contributed by atoms with Crippen LogP contribution in [0.4, 0.5) is 0 Å². The quantitative estimate of drug-likeness (QED) is 0.429. The van der Waals surface area contributed by atoms with Gasteiger partial charge < -0.3 is 9.84 Å². The molecule has 0 saturated carbocycles. The zero-order valence-electron chi connectivity index (χ0n) is 13.6. The molecule has 0 aliphatic carbocycles. The number of halogens is 6. The van der Waals surface area contributed by atoms with Gasteiger partial charge in [0.05, 0.1) is 6.61 Å². The van der Waals surface area contributed by atoms with Crippen LogP contribution in [0.1, 0.15) is 29.5 Å². The third-order valence-corrected chi connectivity index (χ3v) is 4.03. The average Bonchev–Trinajstić information content (AvgIpc) is 2.59. The molecule has 2 aromatic rings. The average molecular weight is 492 g/mol. The minimum absolute atomic E-state index is 0.0655. The molecule has 0 aliphatic heterocycles. The molecular weight excluding hydrogens is 479 g/mol. The van der Waals surface area contributed by atoms with E-state index in [-0.39, 0.29) is 24.1 Å². The van der Waals surface area contributed by atoms with Crippen molar-refractivity contribution in [3.63, 3.8) is 0 Å². The Morgan fingerprint density at radius 3 is 2.11 bits per heavy atom. The molecule has 11 heteroatoms. The van der Waals surface area contributed by atoms with Crippen LogP contribution in [0.15, 0.2) is 24.3 Å². The predicted molar refractivity (Wildman–Crippen MR) is 111 cm³/mol. The number of aliphatic hydroxyl groups is 1. The van der Waals surface area contributed by atoms with Gasteiger partial charge in [0.2, 0.25) is 7.59 Å². The normalized spacial score (nSPS) is 12.6. The molecule has 0 spiro atoms. The van der Waals surface area contributed by atoms with E-state index in [1.807, 2.05) is 12.1 Å². The molecule has 0 amide bonds. The van der Waals surface area contributed by atoms with Crippen molar-refractivity contribution in [1.82, 2.24) is 15.0 Å². The summed E-state index contributed by atoms with van der Waals surface area (Å²) >= 11 is 35.0. The van der Waals surface area contributed by atoms with Crippen molar-refractivity contribution < 1.29 is 9.84 Å². The molecule has 0 bridgehead atoms. The van der Waals surface area contributed by atoms with Crippen LogP contribution in [0.3, 0.4) is 0 Å². The van der Waals surface area contributed by atoms with Crippen molar-refractivity contribution in [2.75, 3.05) is 13.2 Å². The van der Waals surface area contributed by atoms with Gasteiger partial charge in [-0.2, -0.15) is 0 Å². The van der Waals surface area contributed by atoms with E-state index < -0.39 is 7.59 Å². The molecule has 1 N–H and O–H groups in total. The lowest BCUT2D eigenvalue weighted by Gasteiger charge is -2.14. The lowest BCUT2D eigenvalue weighted by Crippen LogP contribution is -2.16. The van der Waals surface area contributed by atoms with Crippen LogP contribution in [0.5, 0.6) is 5.75 Å². The fourth-order valence-corrected chi connectivity index (χ4v) is 2.36. The SMILES string of the molecule is OCCCOc1cccc(C=Cc2nc(C(Cl)(Cl)Cl)nc(C(Cl)(Cl)Cl)n2)c1. The van der Waals surface area contributed by atoms with Crippen LogP contribution in [0.25, 0.3) is 12.2 Å². The molecule has 5 nitrogen and oxygen atoms in total. The summed E-state index contributed by atoms with van der Waals surface area (Å²) in [7, 11) is 0. The van der Waals surface area contributed by atoms with Crippen molar-refractivity contribution in [2.24, 2.45) is 0 Å². The lowest BCUT2D eigenvalue weighted by atomic mass is 10.2. The Labute approximate surface area is 186 Å². The fourth-order valence-electron chi connectivity index (χ4n) is 1.85. The summed E-state index contributed by atoms with van der Waals surface area (Å²) in [5.41, 5.74) is 0.808. The molecule has 1 aromatic heterocycles. The first-order valence-corrected chi connectivity index (χ1v) is 9.78. The second-order valence-corrected chi connectivity index (χ2v) is 9.73. The van der Waals surface area contributed by atoms with Crippen molar-refractivity contribution >= 4 is 81.8 Å². The van der Waals surface area contributed by atoms with Gasteiger partial charge in [0.1, 0.15) is 5.75 Å². The molecule has 1 heterocycles. The number of rotatable bonds is 6. The summed E-state index contributed by atoms with van der Waals surface area (Å²) in [6.07, 6.45) is 3.83. The second-order valence-electron chi connectivity index (χ2n) is 5.17. The van der Waals surface area contributed by atoms with Gasteiger partial charge in [0.25, 0.3) is 0 Å². The van der Waals surface area contributed by atoms with Crippen LogP contribution in [0, 0.1) is 0 Å². The highest BCUT2D eigenvalue weighted by atomic mass is 35.6. The highest BCUT2D eigenvalue weighted by Crippen LogP contribution is 2.40. The Morgan fingerprint density at radius 2 is 1.56 bits per heavy atom. The number of hydrogen-bond acceptors (Lipinski definition) is 5. The largest absolute Gasteiger partial charge is 0.493 e. The zero-order chi connectivity index (χ0) is 20.1. The maximum absolute atomic E-state index is 8.80. The highest BCUT2D eigenvalue weighted by molar-refractivity contribution is 6.67. The van der Waals surface area contributed by atoms with Gasteiger partial charge in [-0.25, -0.2) is 15.0 Å². The molecule has 0 atom stereocenters. The number of aliphatic hydroxyl groups excluding tert-OH is 1. The van der Waals surface area contributed by atoms with E-state index >= 15 is 0 Å². The monoisotopic (exact) mass is 489 g/mol. The molecule has 0 unspecified atom stereocenters. The molecule has 27 heavy (non-hydrogen) atoms. The van der Waals surface area contributed by atoms with Gasteiger partial charge in [0, 0.05) is 13.0 Å². The van der Waals surface area contributed by atoms with E-state index in [1.165, 1.54) is 0 Å². The van der Waals surface area contributed by atoms with E-state index in [2.05, 4.69) is 15.0 Å². The van der Waals surface area contributed by atoms with Crippen LogP contribution in [0.2, 0.25) is 0 Å². The Hall–Kier alpha value is -0.530. The summed E-state index contributed by atoms with van der Waals surface area (Å²) in [6, 6.07) is 7.28. The maximum Gasteiger partial charge on any atom is 0.250 e. The molecular formula is C16H13Cl6N3O2. The molecule has 146 valence electrons. The van der Waals surface area contributed by atoms with E-state index in [9.17, 15) is 0 Å². The van der Waals surface area contributed by atoms with Gasteiger partial charge in [-0.1, -0.05) is 87.8 Å². The third-order valence-electron chi connectivity index (χ3n) is 3.01. The standard InChI is InChI=1S/C16H13Cl6N3O2/c17-15(18,19)13-23-12(24-14(25-13)16(20,21)22)6-5-10-3-1-4-11(9-10)27-8-2-7-26/h1,3-6,9,26H,2,7-8H2. The van der Waals surface area contributed by atoms with Gasteiger partial charge in [-0.3, -0.25) is 0 Å². The molecule has 0 saturated heterocycles. The first kappa shape index (κ1) is 22.8. The topological polar surface area (TPSA) is 68.1 Å². The molecule has 0 radical (unpaired) electrons. The van der Waals surface area contributed by atoms with Crippen molar-refractivity contribution in [3.8, 4) is 5.75 Å². The van der Waals surface area contributed by atoms with Gasteiger partial charge in [-0.05, 0) is 23.8 Å². The van der Waals surface area contributed by atoms with Gasteiger partial charge in [-0.15, -0.1) is 0 Å². The van der Waals surface area contributed by atoms with Crippen LogP contribution in [-0.2, 0) is 7.59 Å². The summed E-state index contributed by atoms with van der Waals surface area (Å²) in [5, 5.41) is 8.80. The predicted octanol–water partition coefficient (Wildman–Crippen LogP) is 5.46. The first-order valence-electron chi connectivity index (χ1n) is 7.52. The Morgan fingerprint density at radius 1 is 0.926 bits per heavy atom. The Bertz CT molecular complexity index is 773. The summed E-state index contributed by atoms with van der Waals surface area (Å²) in [6.45, 7) is 0.479. The van der Waals surface area contributed by atoms with Crippen LogP contribution < -0.4 is 4.74 Å². The first-order chi connectivity index (χ1) is 12.6. The summed E-state index contributed by atoms with van der Waals surface area (Å²) < 4.78 is 1.71. The van der Waals surface area contributed by atoms with E-state index in [1.54, 1.807) is 24.3 Å². The summed E-state index contributed by atoms with van der Waals surface area (Å²) in [5.74, 6) is 0.485. The summed E-state index contributed by atoms with van der Waals surface area (Å²) in [4.78, 5) is 12.1. The van der Waals surface area contributed by atoms with E-state index in [0.29, 0.717) is 18.8 Å². The second kappa shape index (κ2) is 9.79. The number of alkyl halides is 6. The highest BCUT2D eigenvalue weighted by Gasteiger charge is 2.33. The molecule has 2 rings (SSSR count). The van der Waals surface area contributed by atoms with Gasteiger partial charge in [0.15, 0.2) is 17.5 Å². The molecule has 0 fully saturated rings. The van der Waals surface area contributed by atoms with Gasteiger partial charge >= 0.3 is 0 Å². The minimum Gasteiger partial charge on any atom is -0.493 e. The maximum atomic E-state index is 8.80. The number of benzene rings is 1. The zero-order valence-corrected chi connectivity index (χ0v) is 18.1. The van der Waals surface area contributed by atoms with Crippen molar-refractivity contribution in [3.05, 3.63) is 47.3 Å². The third kappa shape index (κ3) is 7.42. The minimum atomic E-state index is -1.91. The van der Waals surface area contributed by atoms with Crippen molar-refractivity contribution in [2.45, 2.75) is 14.0 Å². The lowest BCUT2D eigenvalue weighted by molar-refractivity contribution is 0.233. The van der Waals surface area contributed by atoms with Crippen molar-refractivity contribution in [1.29, 1.82) is 0 Å².